The normalized spacial score (nSPS) is 11.6. The van der Waals surface area contributed by atoms with E-state index in [9.17, 15) is 4.79 Å². The van der Waals surface area contributed by atoms with Gasteiger partial charge in [-0.1, -0.05) is 0 Å². The molecule has 1 amide bonds. The van der Waals surface area contributed by atoms with E-state index in [1.165, 1.54) is 6.33 Å². The molecule has 5 N–H and O–H groups in total. The highest BCUT2D eigenvalue weighted by Crippen LogP contribution is 2.32. The van der Waals surface area contributed by atoms with E-state index < -0.39 is 0 Å². The number of fused-ring (bicyclic) bond motifs is 2. The van der Waals surface area contributed by atoms with Gasteiger partial charge in [0.1, 0.15) is 23.4 Å². The lowest BCUT2D eigenvalue weighted by Gasteiger charge is -2.08. The Labute approximate surface area is 255 Å². The number of aryl methyl sites for hydroxylation is 1. The Kier molecular flexibility index (Phi) is 13.5. The highest BCUT2D eigenvalue weighted by molar-refractivity contribution is 5.99. The first kappa shape index (κ1) is 33.0. The molecule has 0 saturated heterocycles. The number of nitrogens with zero attached hydrogens (tertiary/aromatic N) is 5. The van der Waals surface area contributed by atoms with Gasteiger partial charge in [-0.2, -0.15) is 10.1 Å². The Hall–Kier alpha value is -3.89. The van der Waals surface area contributed by atoms with Crippen molar-refractivity contribution in [3.05, 3.63) is 24.5 Å². The number of rotatable bonds is 22. The van der Waals surface area contributed by atoms with Crippen LogP contribution in [-0.2, 0) is 35.0 Å². The number of carbonyl (C=O) groups is 1. The summed E-state index contributed by atoms with van der Waals surface area (Å²) in [5, 5.41) is 8.39. The molecule has 4 rings (SSSR count). The maximum Gasteiger partial charge on any atom is 0.292 e. The van der Waals surface area contributed by atoms with Gasteiger partial charge in [-0.3, -0.25) is 4.79 Å². The third-order valence-corrected chi connectivity index (χ3v) is 6.52. The fourth-order valence-corrected chi connectivity index (χ4v) is 4.37. The Morgan fingerprint density at radius 3 is 2.30 bits per heavy atom. The molecular formula is C29H42N8O7. The number of aromatic nitrogens is 5. The minimum atomic E-state index is -0.0565. The molecule has 0 aliphatic carbocycles. The summed E-state index contributed by atoms with van der Waals surface area (Å²) in [4.78, 5) is 24.9. The van der Waals surface area contributed by atoms with E-state index in [2.05, 4.69) is 20.3 Å². The van der Waals surface area contributed by atoms with Crippen LogP contribution in [0.4, 0.5) is 11.8 Å². The molecule has 0 fully saturated rings. The van der Waals surface area contributed by atoms with E-state index in [4.69, 9.17) is 44.7 Å². The van der Waals surface area contributed by atoms with Crippen LogP contribution >= 0.6 is 0 Å². The minimum absolute atomic E-state index is 0.0565. The second-order valence-corrected chi connectivity index (χ2v) is 9.72. The van der Waals surface area contributed by atoms with Crippen LogP contribution in [0.2, 0.25) is 0 Å². The van der Waals surface area contributed by atoms with Crippen LogP contribution < -0.4 is 16.8 Å². The number of unbranched alkanes of at least 4 members (excludes halogenated alkanes) is 1. The van der Waals surface area contributed by atoms with E-state index in [0.29, 0.717) is 113 Å². The van der Waals surface area contributed by atoms with Crippen molar-refractivity contribution in [1.82, 2.24) is 30.0 Å². The van der Waals surface area contributed by atoms with Crippen LogP contribution in [0.5, 0.6) is 0 Å². The maximum atomic E-state index is 12.2. The summed E-state index contributed by atoms with van der Waals surface area (Å²) < 4.78 is 34.1. The third-order valence-electron chi connectivity index (χ3n) is 6.52. The predicted molar refractivity (Wildman–Crippen MR) is 164 cm³/mol. The molecule has 15 nitrogen and oxygen atoms in total. The number of anilines is 2. The minimum Gasteiger partial charge on any atom is -0.424 e. The summed E-state index contributed by atoms with van der Waals surface area (Å²) in [6, 6.07) is 5.62. The van der Waals surface area contributed by atoms with Gasteiger partial charge in [-0.05, 0) is 38.0 Å². The molecule has 15 heteroatoms. The maximum absolute atomic E-state index is 12.2. The van der Waals surface area contributed by atoms with Gasteiger partial charge in [0.05, 0.1) is 64.8 Å². The van der Waals surface area contributed by atoms with Gasteiger partial charge < -0.3 is 44.9 Å². The largest absolute Gasteiger partial charge is 0.424 e. The monoisotopic (exact) mass is 614 g/mol. The Bertz CT molecular complexity index is 1440. The molecule has 0 unspecified atom stereocenters. The van der Waals surface area contributed by atoms with Gasteiger partial charge in [0.2, 0.25) is 5.91 Å². The fourth-order valence-electron chi connectivity index (χ4n) is 4.37. The van der Waals surface area contributed by atoms with Gasteiger partial charge in [0.15, 0.2) is 11.2 Å². The summed E-state index contributed by atoms with van der Waals surface area (Å²) in [7, 11) is 0. The number of benzene rings is 1. The summed E-state index contributed by atoms with van der Waals surface area (Å²) >= 11 is 0. The van der Waals surface area contributed by atoms with E-state index in [1.807, 2.05) is 23.7 Å². The van der Waals surface area contributed by atoms with Crippen molar-refractivity contribution in [2.24, 2.45) is 0 Å². The second kappa shape index (κ2) is 18.0. The summed E-state index contributed by atoms with van der Waals surface area (Å²) in [5.74, 6) is 0.288. The standard InChI is InChI=1S/C29H42N8O7/c1-2-39-11-12-41-15-16-43-18-17-42-14-13-40-10-7-24(38)32-8-3-4-9-37-28-25(27(30)33-20-34-28)26(36-37)21-5-6-23-22(19-21)35-29(31)44-23/h5-6,19-20H,2-4,7-18H2,1H3,(H2,31,35)(H,32,38)(H2,30,33,34). The van der Waals surface area contributed by atoms with E-state index in [1.54, 1.807) is 6.07 Å². The summed E-state index contributed by atoms with van der Waals surface area (Å²) in [6.45, 7) is 8.18. The Morgan fingerprint density at radius 1 is 0.909 bits per heavy atom. The Morgan fingerprint density at radius 2 is 1.59 bits per heavy atom. The van der Waals surface area contributed by atoms with Crippen molar-refractivity contribution in [2.45, 2.75) is 32.7 Å². The molecule has 44 heavy (non-hydrogen) atoms. The highest BCUT2D eigenvalue weighted by atomic mass is 16.6. The van der Waals surface area contributed by atoms with Gasteiger partial charge in [0.25, 0.3) is 6.01 Å². The number of carbonyl (C=O) groups excluding carboxylic acids is 1. The molecule has 3 aromatic heterocycles. The summed E-state index contributed by atoms with van der Waals surface area (Å²) in [5.41, 5.74) is 15.2. The molecular weight excluding hydrogens is 572 g/mol. The van der Waals surface area contributed by atoms with Crippen molar-refractivity contribution in [3.8, 4) is 11.3 Å². The van der Waals surface area contributed by atoms with Crippen molar-refractivity contribution in [2.75, 3.05) is 84.1 Å². The molecule has 4 aromatic rings. The number of oxazole rings is 1. The molecule has 0 aliphatic rings. The summed E-state index contributed by atoms with van der Waals surface area (Å²) in [6.07, 6.45) is 3.26. The molecule has 0 spiro atoms. The lowest BCUT2D eigenvalue weighted by atomic mass is 10.1. The number of hydrogen-bond acceptors (Lipinski definition) is 13. The number of ether oxygens (including phenoxy) is 5. The quantitative estimate of drug-likeness (QED) is 0.109. The first-order valence-electron chi connectivity index (χ1n) is 14.9. The smallest absolute Gasteiger partial charge is 0.292 e. The van der Waals surface area contributed by atoms with Gasteiger partial charge >= 0.3 is 0 Å². The van der Waals surface area contributed by atoms with Crippen LogP contribution in [-0.4, -0.2) is 103 Å². The van der Waals surface area contributed by atoms with Gasteiger partial charge in [-0.15, -0.1) is 0 Å². The number of nitrogen functional groups attached to an aromatic ring is 2. The van der Waals surface area contributed by atoms with Crippen molar-refractivity contribution in [1.29, 1.82) is 0 Å². The lowest BCUT2D eigenvalue weighted by Crippen LogP contribution is -2.26. The predicted octanol–water partition coefficient (Wildman–Crippen LogP) is 2.19. The van der Waals surface area contributed by atoms with Crippen LogP contribution in [0.1, 0.15) is 26.2 Å². The Balaban J connectivity index is 1.07. The zero-order valence-corrected chi connectivity index (χ0v) is 25.2. The molecule has 0 saturated carbocycles. The van der Waals surface area contributed by atoms with Crippen molar-refractivity contribution < 1.29 is 32.9 Å². The molecule has 1 aromatic carbocycles. The first-order chi connectivity index (χ1) is 21.6. The topological polar surface area (TPSA) is 197 Å². The van der Waals surface area contributed by atoms with Gasteiger partial charge in [-0.25, -0.2) is 14.6 Å². The van der Waals surface area contributed by atoms with E-state index in [0.717, 1.165) is 18.4 Å². The molecule has 240 valence electrons. The van der Waals surface area contributed by atoms with Gasteiger partial charge in [0, 0.05) is 31.7 Å². The van der Waals surface area contributed by atoms with E-state index >= 15 is 0 Å². The molecule has 0 radical (unpaired) electrons. The van der Waals surface area contributed by atoms with E-state index in [-0.39, 0.29) is 18.3 Å². The second-order valence-electron chi connectivity index (χ2n) is 9.72. The average Bonchev–Trinajstić information content (AvgIpc) is 3.58. The first-order valence-corrected chi connectivity index (χ1v) is 14.9. The molecule has 0 aliphatic heterocycles. The van der Waals surface area contributed by atoms with Crippen LogP contribution in [0, 0.1) is 0 Å². The van der Waals surface area contributed by atoms with Crippen LogP contribution in [0.3, 0.4) is 0 Å². The highest BCUT2D eigenvalue weighted by Gasteiger charge is 2.18. The third kappa shape index (κ3) is 10.1. The van der Waals surface area contributed by atoms with Crippen LogP contribution in [0.25, 0.3) is 33.4 Å². The van der Waals surface area contributed by atoms with Crippen LogP contribution in [0.15, 0.2) is 28.9 Å². The SMILES string of the molecule is CCOCCOCCOCCOCCOCCC(=O)NCCCCn1nc(-c2ccc3oc(N)nc3c2)c2c(N)ncnc21. The molecule has 3 heterocycles. The average molecular weight is 615 g/mol. The number of nitrogens with one attached hydrogen (secondary N) is 1. The fraction of sp³-hybridized carbons (Fsp3) is 0.552. The zero-order chi connectivity index (χ0) is 31.0. The zero-order valence-electron chi connectivity index (χ0n) is 25.2. The van der Waals surface area contributed by atoms with Crippen molar-refractivity contribution >= 4 is 39.9 Å². The number of amides is 1. The number of hydrogen-bond donors (Lipinski definition) is 3. The van der Waals surface area contributed by atoms with Crippen molar-refractivity contribution in [3.63, 3.8) is 0 Å². The molecule has 0 bridgehead atoms. The lowest BCUT2D eigenvalue weighted by molar-refractivity contribution is -0.122. The molecule has 0 atom stereocenters. The number of nitrogens with two attached hydrogens (primary N) is 2.